The zero-order valence-corrected chi connectivity index (χ0v) is 9.35. The average molecular weight is 232 g/mol. The molecule has 80 valence electrons. The molecule has 2 heterocycles. The predicted octanol–water partition coefficient (Wildman–Crippen LogP) is 3.07. The van der Waals surface area contributed by atoms with Crippen molar-refractivity contribution in [3.8, 4) is 11.5 Å². The molecule has 0 atom stereocenters. The molecule has 0 aromatic carbocycles. The van der Waals surface area contributed by atoms with E-state index in [0.717, 1.165) is 11.4 Å². The smallest absolute Gasteiger partial charge is 0.179 e. The van der Waals surface area contributed by atoms with Crippen LogP contribution in [0.1, 0.15) is 24.5 Å². The summed E-state index contributed by atoms with van der Waals surface area (Å²) in [4.78, 5) is 12.9. The van der Waals surface area contributed by atoms with Gasteiger partial charge in [0, 0.05) is 17.8 Å². The summed E-state index contributed by atoms with van der Waals surface area (Å²) in [6, 6.07) is 7.53. The van der Waals surface area contributed by atoms with Crippen molar-refractivity contribution in [2.24, 2.45) is 0 Å². The molecule has 0 saturated heterocycles. The first-order chi connectivity index (χ1) is 7.83. The Kier molecular flexibility index (Phi) is 2.33. The van der Waals surface area contributed by atoms with Crippen molar-refractivity contribution in [3.63, 3.8) is 0 Å². The van der Waals surface area contributed by atoms with Crippen LogP contribution in [-0.2, 0) is 0 Å². The maximum atomic E-state index is 5.99. The Bertz CT molecular complexity index is 509. The van der Waals surface area contributed by atoms with Crippen LogP contribution in [0.4, 0.5) is 0 Å². The van der Waals surface area contributed by atoms with E-state index >= 15 is 0 Å². The van der Waals surface area contributed by atoms with E-state index in [4.69, 9.17) is 11.6 Å². The van der Waals surface area contributed by atoms with Crippen molar-refractivity contribution in [3.05, 3.63) is 41.3 Å². The molecular weight excluding hydrogens is 222 g/mol. The molecule has 0 N–H and O–H groups in total. The molecule has 0 bridgehead atoms. The molecule has 3 nitrogen and oxygen atoms in total. The summed E-state index contributed by atoms with van der Waals surface area (Å²) in [5.74, 6) is 1.19. The maximum absolute atomic E-state index is 5.99. The number of aromatic nitrogens is 3. The first-order valence-electron chi connectivity index (χ1n) is 5.29. The second kappa shape index (κ2) is 3.83. The molecule has 1 fully saturated rings. The predicted molar refractivity (Wildman–Crippen MR) is 62.2 cm³/mol. The van der Waals surface area contributed by atoms with Crippen molar-refractivity contribution >= 4 is 11.6 Å². The lowest BCUT2D eigenvalue weighted by molar-refractivity contribution is 0.987. The van der Waals surface area contributed by atoms with Gasteiger partial charge in [0.1, 0.15) is 10.8 Å². The normalized spacial score (nSPS) is 15.1. The fraction of sp³-hybridized carbons (Fsp3) is 0.250. The van der Waals surface area contributed by atoms with E-state index in [0.29, 0.717) is 16.9 Å². The molecule has 2 aromatic heterocycles. The SMILES string of the molecule is Clc1cc(C2CC2)nc(-c2ccccn2)n1. The van der Waals surface area contributed by atoms with Crippen LogP contribution in [0, 0.1) is 0 Å². The molecule has 0 unspecified atom stereocenters. The molecule has 2 aromatic rings. The van der Waals surface area contributed by atoms with E-state index in [2.05, 4.69) is 15.0 Å². The summed E-state index contributed by atoms with van der Waals surface area (Å²) >= 11 is 5.99. The van der Waals surface area contributed by atoms with Crippen molar-refractivity contribution in [2.75, 3.05) is 0 Å². The molecule has 0 radical (unpaired) electrons. The van der Waals surface area contributed by atoms with Crippen LogP contribution in [0.5, 0.6) is 0 Å². The van der Waals surface area contributed by atoms with Gasteiger partial charge in [-0.1, -0.05) is 17.7 Å². The Morgan fingerprint density at radius 2 is 2.06 bits per heavy atom. The second-order valence-electron chi connectivity index (χ2n) is 3.93. The van der Waals surface area contributed by atoms with Gasteiger partial charge in [-0.05, 0) is 31.0 Å². The van der Waals surface area contributed by atoms with Gasteiger partial charge in [-0.2, -0.15) is 0 Å². The van der Waals surface area contributed by atoms with E-state index < -0.39 is 0 Å². The number of nitrogens with zero attached hydrogens (tertiary/aromatic N) is 3. The van der Waals surface area contributed by atoms with Crippen molar-refractivity contribution in [1.82, 2.24) is 15.0 Å². The van der Waals surface area contributed by atoms with Gasteiger partial charge in [-0.15, -0.1) is 0 Å². The van der Waals surface area contributed by atoms with Crippen LogP contribution >= 0.6 is 11.6 Å². The third kappa shape index (κ3) is 1.91. The van der Waals surface area contributed by atoms with Gasteiger partial charge >= 0.3 is 0 Å². The van der Waals surface area contributed by atoms with Gasteiger partial charge in [0.05, 0.1) is 0 Å². The van der Waals surface area contributed by atoms with Crippen molar-refractivity contribution < 1.29 is 0 Å². The van der Waals surface area contributed by atoms with Gasteiger partial charge in [0.25, 0.3) is 0 Å². The molecule has 0 amide bonds. The standard InChI is InChI=1S/C12H10ClN3/c13-11-7-10(8-4-5-8)15-12(16-11)9-3-1-2-6-14-9/h1-3,6-8H,4-5H2. The molecule has 4 heteroatoms. The van der Waals surface area contributed by atoms with E-state index in [-0.39, 0.29) is 0 Å². The third-order valence-corrected chi connectivity index (χ3v) is 2.80. The summed E-state index contributed by atoms with van der Waals surface area (Å²) < 4.78 is 0. The molecule has 0 aliphatic heterocycles. The second-order valence-corrected chi connectivity index (χ2v) is 4.32. The first kappa shape index (κ1) is 9.73. The number of hydrogen-bond donors (Lipinski definition) is 0. The van der Waals surface area contributed by atoms with Crippen LogP contribution in [0.25, 0.3) is 11.5 Å². The summed E-state index contributed by atoms with van der Waals surface area (Å²) in [5, 5.41) is 0.498. The lowest BCUT2D eigenvalue weighted by Crippen LogP contribution is -1.96. The quantitative estimate of drug-likeness (QED) is 0.746. The van der Waals surface area contributed by atoms with Gasteiger partial charge in [0.15, 0.2) is 5.82 Å². The average Bonchev–Trinajstić information content (AvgIpc) is 3.13. The molecular formula is C12H10ClN3. The Hall–Kier alpha value is -1.48. The zero-order chi connectivity index (χ0) is 11.0. The molecule has 1 aliphatic carbocycles. The summed E-state index contributed by atoms with van der Waals surface area (Å²) in [6.07, 6.45) is 4.14. The fourth-order valence-corrected chi connectivity index (χ4v) is 1.82. The molecule has 16 heavy (non-hydrogen) atoms. The lowest BCUT2D eigenvalue weighted by atomic mass is 10.2. The highest BCUT2D eigenvalue weighted by Crippen LogP contribution is 2.39. The topological polar surface area (TPSA) is 38.7 Å². The molecule has 1 aliphatic rings. The highest BCUT2D eigenvalue weighted by atomic mass is 35.5. The maximum Gasteiger partial charge on any atom is 0.179 e. The summed E-state index contributed by atoms with van der Waals surface area (Å²) in [5.41, 5.74) is 1.81. The Labute approximate surface area is 98.5 Å². The van der Waals surface area contributed by atoms with E-state index in [1.165, 1.54) is 12.8 Å². The molecule has 3 rings (SSSR count). The minimum absolute atomic E-state index is 0.498. The Morgan fingerprint density at radius 1 is 1.19 bits per heavy atom. The van der Waals surface area contributed by atoms with Gasteiger partial charge in [0.2, 0.25) is 0 Å². The van der Waals surface area contributed by atoms with Crippen LogP contribution in [0.15, 0.2) is 30.5 Å². The van der Waals surface area contributed by atoms with E-state index in [1.807, 2.05) is 24.3 Å². The zero-order valence-electron chi connectivity index (χ0n) is 8.60. The van der Waals surface area contributed by atoms with E-state index in [1.54, 1.807) is 6.20 Å². The number of hydrogen-bond acceptors (Lipinski definition) is 3. The Morgan fingerprint density at radius 3 is 2.75 bits per heavy atom. The summed E-state index contributed by atoms with van der Waals surface area (Å²) in [7, 11) is 0. The fourth-order valence-electron chi connectivity index (χ4n) is 1.63. The molecule has 1 saturated carbocycles. The van der Waals surface area contributed by atoms with Gasteiger partial charge in [-0.25, -0.2) is 9.97 Å². The third-order valence-electron chi connectivity index (χ3n) is 2.60. The number of halogens is 1. The first-order valence-corrected chi connectivity index (χ1v) is 5.66. The van der Waals surface area contributed by atoms with Crippen LogP contribution in [-0.4, -0.2) is 15.0 Å². The highest BCUT2D eigenvalue weighted by Gasteiger charge is 2.26. The van der Waals surface area contributed by atoms with Crippen LogP contribution < -0.4 is 0 Å². The summed E-state index contributed by atoms with van der Waals surface area (Å²) in [6.45, 7) is 0. The minimum Gasteiger partial charge on any atom is -0.253 e. The van der Waals surface area contributed by atoms with Gasteiger partial charge < -0.3 is 0 Å². The monoisotopic (exact) mass is 231 g/mol. The van der Waals surface area contributed by atoms with Gasteiger partial charge in [-0.3, -0.25) is 4.98 Å². The highest BCUT2D eigenvalue weighted by molar-refractivity contribution is 6.29. The number of pyridine rings is 1. The largest absolute Gasteiger partial charge is 0.253 e. The Balaban J connectivity index is 2.06. The lowest BCUT2D eigenvalue weighted by Gasteiger charge is -2.03. The molecule has 0 spiro atoms. The van der Waals surface area contributed by atoms with E-state index in [9.17, 15) is 0 Å². The van der Waals surface area contributed by atoms with Crippen molar-refractivity contribution in [1.29, 1.82) is 0 Å². The number of rotatable bonds is 2. The van der Waals surface area contributed by atoms with Crippen LogP contribution in [0.2, 0.25) is 5.15 Å². The van der Waals surface area contributed by atoms with Crippen LogP contribution in [0.3, 0.4) is 0 Å². The van der Waals surface area contributed by atoms with Crippen molar-refractivity contribution in [2.45, 2.75) is 18.8 Å². The minimum atomic E-state index is 0.498.